The van der Waals surface area contributed by atoms with Gasteiger partial charge in [0.25, 0.3) is 0 Å². The Labute approximate surface area is 181 Å². The zero-order valence-electron chi connectivity index (χ0n) is 17.3. The van der Waals surface area contributed by atoms with Gasteiger partial charge in [0.2, 0.25) is 21.8 Å². The van der Waals surface area contributed by atoms with E-state index in [0.29, 0.717) is 32.1 Å². The minimum atomic E-state index is -3.72. The van der Waals surface area contributed by atoms with Crippen molar-refractivity contribution in [3.63, 3.8) is 0 Å². The molecular weight excluding hydrogens is 418 g/mol. The van der Waals surface area contributed by atoms with Crippen molar-refractivity contribution < 1.29 is 18.0 Å². The first-order valence-corrected chi connectivity index (χ1v) is 12.0. The Bertz CT molecular complexity index is 1000. The fraction of sp³-hybridized carbons (Fsp3) is 0.476. The highest BCUT2D eigenvalue weighted by Gasteiger charge is 2.58. The quantitative estimate of drug-likeness (QED) is 0.238. The van der Waals surface area contributed by atoms with Gasteiger partial charge in [-0.25, -0.2) is 18.5 Å². The minimum absolute atomic E-state index is 0.0504. The minimum Gasteiger partial charge on any atom is -0.357 e. The number of sulfonamides is 1. The molecular formula is C21H27N5O4S. The second-order valence-electron chi connectivity index (χ2n) is 8.14. The molecule has 1 aromatic rings. The van der Waals surface area contributed by atoms with Crippen molar-refractivity contribution in [2.24, 2.45) is 33.8 Å². The molecule has 0 radical (unpaired) electrons. The van der Waals surface area contributed by atoms with Gasteiger partial charge in [0.15, 0.2) is 5.96 Å². The van der Waals surface area contributed by atoms with Gasteiger partial charge >= 0.3 is 0 Å². The first-order valence-electron chi connectivity index (χ1n) is 10.5. The smallest absolute Gasteiger partial charge is 0.238 e. The van der Waals surface area contributed by atoms with E-state index >= 15 is 0 Å². The van der Waals surface area contributed by atoms with Crippen molar-refractivity contribution in [2.75, 3.05) is 19.6 Å². The van der Waals surface area contributed by atoms with Gasteiger partial charge in [0, 0.05) is 19.6 Å². The molecule has 10 heteroatoms. The lowest BCUT2D eigenvalue weighted by Crippen LogP contribution is -2.43. The molecule has 3 aliphatic rings. The fourth-order valence-corrected chi connectivity index (χ4v) is 5.28. The SMILES string of the molecule is CCNC(=NCc1ccc(S(N)(=O)=O)cc1)NCCN1C(=O)C2C3C=CC(C3)C2C1=O. The van der Waals surface area contributed by atoms with Gasteiger partial charge < -0.3 is 10.6 Å². The number of fused-ring (bicyclic) bond motifs is 5. The summed E-state index contributed by atoms with van der Waals surface area (Å²) in [4.78, 5) is 31.4. The number of allylic oxidation sites excluding steroid dienone is 2. The van der Waals surface area contributed by atoms with Gasteiger partial charge in [-0.3, -0.25) is 14.5 Å². The van der Waals surface area contributed by atoms with E-state index in [-0.39, 0.29) is 40.4 Å². The number of nitrogens with one attached hydrogen (secondary N) is 2. The number of amides is 2. The number of benzene rings is 1. The molecule has 0 spiro atoms. The van der Waals surface area contributed by atoms with E-state index in [1.807, 2.05) is 6.92 Å². The molecule has 2 amide bonds. The van der Waals surface area contributed by atoms with E-state index < -0.39 is 10.0 Å². The van der Waals surface area contributed by atoms with Crippen molar-refractivity contribution in [3.05, 3.63) is 42.0 Å². The third kappa shape index (κ3) is 4.22. The molecule has 1 saturated carbocycles. The number of imide groups is 1. The molecule has 4 rings (SSSR count). The standard InChI is InChI=1S/C21H27N5O4S/c1-2-23-21(25-12-13-3-7-16(8-4-13)31(22,29)30)24-9-10-26-19(27)17-14-5-6-15(11-14)18(17)20(26)28/h3-8,14-15,17-18H,2,9-12H2,1H3,(H2,22,29,30)(H2,23,24,25). The summed E-state index contributed by atoms with van der Waals surface area (Å²) in [5.41, 5.74) is 0.824. The molecule has 166 valence electrons. The maximum atomic E-state index is 12.7. The van der Waals surface area contributed by atoms with Crippen molar-refractivity contribution >= 4 is 27.8 Å². The topological polar surface area (TPSA) is 134 Å². The number of nitrogens with two attached hydrogens (primary N) is 1. The van der Waals surface area contributed by atoms with Gasteiger partial charge in [-0.05, 0) is 42.9 Å². The van der Waals surface area contributed by atoms with Crippen LogP contribution >= 0.6 is 0 Å². The first-order chi connectivity index (χ1) is 14.8. The van der Waals surface area contributed by atoms with E-state index in [2.05, 4.69) is 27.8 Å². The van der Waals surface area contributed by atoms with Crippen LogP contribution < -0.4 is 15.8 Å². The number of nitrogens with zero attached hydrogens (tertiary/aromatic N) is 2. The predicted octanol–water partition coefficient (Wildman–Crippen LogP) is 0.196. The van der Waals surface area contributed by atoms with Crippen molar-refractivity contribution in [3.8, 4) is 0 Å². The number of rotatable bonds is 7. The number of hydrogen-bond acceptors (Lipinski definition) is 5. The van der Waals surface area contributed by atoms with E-state index in [9.17, 15) is 18.0 Å². The molecule has 4 unspecified atom stereocenters. The Hall–Kier alpha value is -2.72. The number of guanidine groups is 1. The molecule has 4 N–H and O–H groups in total. The van der Waals surface area contributed by atoms with Crippen LogP contribution in [0.15, 0.2) is 46.3 Å². The predicted molar refractivity (Wildman–Crippen MR) is 115 cm³/mol. The van der Waals surface area contributed by atoms with Crippen molar-refractivity contribution in [2.45, 2.75) is 24.8 Å². The van der Waals surface area contributed by atoms with Crippen LogP contribution in [0.2, 0.25) is 0 Å². The van der Waals surface area contributed by atoms with E-state index in [0.717, 1.165) is 12.0 Å². The highest BCUT2D eigenvalue weighted by Crippen LogP contribution is 2.52. The third-order valence-electron chi connectivity index (χ3n) is 6.21. The zero-order valence-corrected chi connectivity index (χ0v) is 18.1. The van der Waals surface area contributed by atoms with Crippen molar-refractivity contribution in [1.82, 2.24) is 15.5 Å². The molecule has 1 aromatic carbocycles. The van der Waals surface area contributed by atoms with E-state index in [1.54, 1.807) is 12.1 Å². The molecule has 1 heterocycles. The molecule has 31 heavy (non-hydrogen) atoms. The summed E-state index contributed by atoms with van der Waals surface area (Å²) in [6.45, 7) is 3.63. The van der Waals surface area contributed by atoms with Crippen molar-refractivity contribution in [1.29, 1.82) is 0 Å². The number of hydrogen-bond donors (Lipinski definition) is 3. The Kier molecular flexibility index (Phi) is 5.85. The number of aliphatic imine (C=N–C) groups is 1. The van der Waals surface area contributed by atoms with Crippen LogP contribution in [0.3, 0.4) is 0 Å². The van der Waals surface area contributed by atoms with Gasteiger partial charge in [-0.15, -0.1) is 0 Å². The Balaban J connectivity index is 1.33. The Morgan fingerprint density at radius 1 is 1.10 bits per heavy atom. The summed E-state index contributed by atoms with van der Waals surface area (Å²) in [6.07, 6.45) is 5.10. The first kappa shape index (κ1) is 21.5. The lowest BCUT2D eigenvalue weighted by molar-refractivity contribution is -0.140. The number of primary sulfonamides is 1. The third-order valence-corrected chi connectivity index (χ3v) is 7.13. The second-order valence-corrected chi connectivity index (χ2v) is 9.70. The monoisotopic (exact) mass is 445 g/mol. The number of carbonyl (C=O) groups is 2. The average Bonchev–Trinajstić information content (AvgIpc) is 3.41. The maximum Gasteiger partial charge on any atom is 0.238 e. The molecule has 2 aliphatic carbocycles. The second kappa shape index (κ2) is 8.43. The number of carbonyl (C=O) groups excluding carboxylic acids is 2. The molecule has 0 aromatic heterocycles. The van der Waals surface area contributed by atoms with Crippen LogP contribution in [0.5, 0.6) is 0 Å². The van der Waals surface area contributed by atoms with Crippen LogP contribution in [-0.4, -0.2) is 50.7 Å². The van der Waals surface area contributed by atoms with Gasteiger partial charge in [0.1, 0.15) is 0 Å². The summed E-state index contributed by atoms with van der Waals surface area (Å²) >= 11 is 0. The molecule has 2 bridgehead atoms. The van der Waals surface area contributed by atoms with Gasteiger partial charge in [0.05, 0.1) is 23.3 Å². The molecule has 9 nitrogen and oxygen atoms in total. The summed E-state index contributed by atoms with van der Waals surface area (Å²) in [5.74, 6) is 0.525. The Morgan fingerprint density at radius 2 is 1.71 bits per heavy atom. The summed E-state index contributed by atoms with van der Waals surface area (Å²) in [7, 11) is -3.72. The maximum absolute atomic E-state index is 12.7. The molecule has 1 saturated heterocycles. The highest BCUT2D eigenvalue weighted by molar-refractivity contribution is 7.89. The van der Waals surface area contributed by atoms with Crippen LogP contribution in [0, 0.1) is 23.7 Å². The molecule has 4 atom stereocenters. The molecule has 1 aliphatic heterocycles. The van der Waals surface area contributed by atoms with Crippen LogP contribution in [0.4, 0.5) is 0 Å². The summed E-state index contributed by atoms with van der Waals surface area (Å²) in [6, 6.07) is 6.22. The van der Waals surface area contributed by atoms with Gasteiger partial charge in [-0.2, -0.15) is 0 Å². The van der Waals surface area contributed by atoms with Crippen LogP contribution in [0.25, 0.3) is 0 Å². The van der Waals surface area contributed by atoms with Crippen LogP contribution in [0.1, 0.15) is 18.9 Å². The highest BCUT2D eigenvalue weighted by atomic mass is 32.2. The van der Waals surface area contributed by atoms with E-state index in [4.69, 9.17) is 5.14 Å². The van der Waals surface area contributed by atoms with E-state index in [1.165, 1.54) is 17.0 Å². The normalized spacial score (nSPS) is 27.2. The lowest BCUT2D eigenvalue weighted by atomic mass is 9.85. The fourth-order valence-electron chi connectivity index (χ4n) is 4.77. The van der Waals surface area contributed by atoms with Gasteiger partial charge in [-0.1, -0.05) is 24.3 Å². The number of likely N-dealkylation sites (tertiary alicyclic amines) is 1. The Morgan fingerprint density at radius 3 is 2.26 bits per heavy atom. The summed E-state index contributed by atoms with van der Waals surface area (Å²) in [5, 5.41) is 11.4. The molecule has 2 fully saturated rings. The zero-order chi connectivity index (χ0) is 22.2. The summed E-state index contributed by atoms with van der Waals surface area (Å²) < 4.78 is 22.7. The lowest BCUT2D eigenvalue weighted by Gasteiger charge is -2.18. The average molecular weight is 446 g/mol. The largest absolute Gasteiger partial charge is 0.357 e. The van der Waals surface area contributed by atoms with Crippen LogP contribution in [-0.2, 0) is 26.2 Å².